The van der Waals surface area contributed by atoms with Crippen LogP contribution in [0, 0.1) is 18.7 Å². The van der Waals surface area contributed by atoms with Crippen LogP contribution in [-0.4, -0.2) is 60.1 Å². The number of nitrogens with two attached hydrogens (primary N) is 1. The van der Waals surface area contributed by atoms with Crippen LogP contribution in [0.5, 0.6) is 5.88 Å². The summed E-state index contributed by atoms with van der Waals surface area (Å²) >= 11 is 0. The van der Waals surface area contributed by atoms with Gasteiger partial charge in [0.15, 0.2) is 5.88 Å². The summed E-state index contributed by atoms with van der Waals surface area (Å²) in [5, 5.41) is 14.8. The molecule has 5 atom stereocenters. The molecule has 3 aliphatic rings. The number of hydrogen-bond donors (Lipinski definition) is 3. The molecule has 10 nitrogen and oxygen atoms in total. The molecule has 1 saturated carbocycles. The Kier molecular flexibility index (Phi) is 7.31. The topological polar surface area (TPSA) is 123 Å². The quantitative estimate of drug-likeness (QED) is 0.188. The third-order valence-corrected chi connectivity index (χ3v) is 10.4. The van der Waals surface area contributed by atoms with Crippen LogP contribution in [0.15, 0.2) is 54.6 Å². The minimum absolute atomic E-state index is 0.0177. The van der Waals surface area contributed by atoms with Gasteiger partial charge in [-0.05, 0) is 82.2 Å². The fourth-order valence-corrected chi connectivity index (χ4v) is 7.73. The van der Waals surface area contributed by atoms with Gasteiger partial charge in [0.25, 0.3) is 5.91 Å². The van der Waals surface area contributed by atoms with Crippen molar-refractivity contribution in [3.05, 3.63) is 82.9 Å². The molecule has 1 amide bonds. The van der Waals surface area contributed by atoms with Crippen molar-refractivity contribution < 1.29 is 19.0 Å². The molecule has 4 N–H and O–H groups in total. The first-order valence-electron chi connectivity index (χ1n) is 16.6. The van der Waals surface area contributed by atoms with Crippen molar-refractivity contribution in [2.24, 2.45) is 11.7 Å². The summed E-state index contributed by atoms with van der Waals surface area (Å²) < 4.78 is 24.4. The van der Waals surface area contributed by atoms with Crippen LogP contribution in [0.4, 0.5) is 4.39 Å². The average molecular weight is 638 g/mol. The Bertz CT molecular complexity index is 2020. The molecule has 0 spiro atoms. The van der Waals surface area contributed by atoms with E-state index in [4.69, 9.17) is 20.4 Å². The first kappa shape index (κ1) is 30.0. The predicted octanol–water partition coefficient (Wildman–Crippen LogP) is 5.26. The highest BCUT2D eigenvalue weighted by Gasteiger charge is 2.47. The third kappa shape index (κ3) is 5.08. The summed E-state index contributed by atoms with van der Waals surface area (Å²) in [5.41, 5.74) is 12.0. The molecule has 4 aromatic heterocycles. The molecule has 0 radical (unpaired) electrons. The molecule has 6 heterocycles. The number of nitrogens with one attached hydrogen (secondary N) is 1. The number of aliphatic hydroxyl groups is 1. The number of aryl methyl sites for hydroxylation is 1. The number of imidazole rings is 1. The van der Waals surface area contributed by atoms with E-state index in [1.54, 1.807) is 25.3 Å². The van der Waals surface area contributed by atoms with E-state index in [0.717, 1.165) is 72.5 Å². The van der Waals surface area contributed by atoms with E-state index >= 15 is 0 Å². The maximum absolute atomic E-state index is 14.3. The third-order valence-electron chi connectivity index (χ3n) is 10.4. The van der Waals surface area contributed by atoms with Crippen LogP contribution in [0.3, 0.4) is 0 Å². The van der Waals surface area contributed by atoms with E-state index in [9.17, 15) is 14.3 Å². The van der Waals surface area contributed by atoms with Crippen molar-refractivity contribution in [2.45, 2.75) is 82.9 Å². The lowest BCUT2D eigenvalue weighted by atomic mass is 9.97. The number of aromatic nitrogens is 4. The monoisotopic (exact) mass is 637 g/mol. The molecule has 1 unspecified atom stereocenters. The van der Waals surface area contributed by atoms with Gasteiger partial charge >= 0.3 is 0 Å². The predicted molar refractivity (Wildman–Crippen MR) is 176 cm³/mol. The zero-order chi connectivity index (χ0) is 32.6. The van der Waals surface area contributed by atoms with Crippen LogP contribution in [-0.2, 0) is 6.54 Å². The van der Waals surface area contributed by atoms with Crippen molar-refractivity contribution >= 4 is 22.6 Å². The minimum Gasteiger partial charge on any atom is -0.482 e. The lowest BCUT2D eigenvalue weighted by molar-refractivity contribution is 0.0726. The number of nitrogens with zero attached hydrogens (tertiary/aromatic N) is 5. The Morgan fingerprint density at radius 2 is 1.94 bits per heavy atom. The first-order valence-corrected chi connectivity index (χ1v) is 16.6. The molecule has 2 bridgehead atoms. The van der Waals surface area contributed by atoms with Gasteiger partial charge in [-0.15, -0.1) is 0 Å². The van der Waals surface area contributed by atoms with Gasteiger partial charge in [-0.3, -0.25) is 14.5 Å². The molecule has 2 aliphatic heterocycles. The summed E-state index contributed by atoms with van der Waals surface area (Å²) in [4.78, 5) is 26.0. The molecule has 1 aliphatic carbocycles. The van der Waals surface area contributed by atoms with Crippen LogP contribution in [0.1, 0.15) is 78.6 Å². The van der Waals surface area contributed by atoms with Crippen LogP contribution < -0.4 is 15.8 Å². The second-order valence-electron chi connectivity index (χ2n) is 13.5. The number of halogens is 1. The van der Waals surface area contributed by atoms with E-state index in [-0.39, 0.29) is 35.6 Å². The number of benzene rings is 1. The SMILES string of the molecule is COc1cc(C(=O)N2[C@H]3CC[C@@H]2[C@H](N)C3)cc2nc(-c3cc4ccc([C@@H](C)NC(O)c5ccccc5F)nc4n3CC3CC3)c(C)n12. The van der Waals surface area contributed by atoms with E-state index in [1.807, 2.05) is 47.4 Å². The normalized spacial score (nSPS) is 22.0. The number of pyridine rings is 2. The van der Waals surface area contributed by atoms with Crippen LogP contribution in [0.25, 0.3) is 28.1 Å². The molecule has 1 aromatic carbocycles. The second-order valence-corrected chi connectivity index (χ2v) is 13.5. The second kappa shape index (κ2) is 11.4. The highest BCUT2D eigenvalue weighted by atomic mass is 19.1. The van der Waals surface area contributed by atoms with Crippen molar-refractivity contribution in [2.75, 3.05) is 7.11 Å². The first-order chi connectivity index (χ1) is 22.7. The summed E-state index contributed by atoms with van der Waals surface area (Å²) in [5.74, 6) is 0.633. The van der Waals surface area contributed by atoms with E-state index < -0.39 is 12.0 Å². The summed E-state index contributed by atoms with van der Waals surface area (Å²) in [7, 11) is 1.62. The summed E-state index contributed by atoms with van der Waals surface area (Å²) in [6.07, 6.45) is 3.95. The average Bonchev–Trinajstić information content (AvgIpc) is 3.38. The number of carbonyl (C=O) groups is 1. The minimum atomic E-state index is -1.18. The van der Waals surface area contributed by atoms with Crippen LogP contribution >= 0.6 is 0 Å². The van der Waals surface area contributed by atoms with Gasteiger partial charge in [-0.2, -0.15) is 0 Å². The molecule has 8 rings (SSSR count). The number of fused-ring (bicyclic) bond motifs is 4. The maximum Gasteiger partial charge on any atom is 0.254 e. The fourth-order valence-electron chi connectivity index (χ4n) is 7.73. The van der Waals surface area contributed by atoms with Gasteiger partial charge in [-0.1, -0.05) is 18.2 Å². The number of carbonyl (C=O) groups excluding carboxylic acids is 1. The Morgan fingerprint density at radius 3 is 2.64 bits per heavy atom. The van der Waals surface area contributed by atoms with Crippen molar-refractivity contribution in [1.29, 1.82) is 0 Å². The number of rotatable bonds is 9. The molecule has 11 heteroatoms. The summed E-state index contributed by atoms with van der Waals surface area (Å²) in [6.45, 7) is 4.74. The fraction of sp³-hybridized carbons (Fsp3) is 0.417. The van der Waals surface area contributed by atoms with Gasteiger partial charge in [0.2, 0.25) is 0 Å². The van der Waals surface area contributed by atoms with Crippen molar-refractivity contribution in [1.82, 2.24) is 29.2 Å². The number of ether oxygens (including phenoxy) is 1. The maximum atomic E-state index is 14.3. The largest absolute Gasteiger partial charge is 0.482 e. The molecule has 2 saturated heterocycles. The highest BCUT2D eigenvalue weighted by molar-refractivity contribution is 5.96. The smallest absolute Gasteiger partial charge is 0.254 e. The number of aliphatic hydroxyl groups excluding tert-OH is 1. The Balaban J connectivity index is 1.17. The molecule has 244 valence electrons. The Hall–Kier alpha value is -4.32. The van der Waals surface area contributed by atoms with Gasteiger partial charge in [0.05, 0.1) is 24.2 Å². The zero-order valence-electron chi connectivity index (χ0n) is 26.9. The van der Waals surface area contributed by atoms with Crippen LogP contribution in [0.2, 0.25) is 0 Å². The number of hydrogen-bond acceptors (Lipinski definition) is 7. The van der Waals surface area contributed by atoms with Gasteiger partial charge in [0.1, 0.15) is 29.0 Å². The lowest BCUT2D eigenvalue weighted by Gasteiger charge is -2.23. The Labute approximate surface area is 272 Å². The van der Waals surface area contributed by atoms with Crippen molar-refractivity contribution in [3.8, 4) is 17.3 Å². The molecular weight excluding hydrogens is 597 g/mol. The molecular formula is C36H40FN7O3. The standard InChI is InChI=1S/C36H40FN7O3/c1-19(39-35(45)25-6-4-5-7-26(25)37)28-12-10-22-14-30(42(34(22)40-28)18-21-8-9-21)33-20(2)43-31(41-33)15-23(16-32(43)47-3)36(46)44-24-11-13-29(44)27(38)17-24/h4-7,10,12,14-16,19,21,24,27,29,35,39,45H,8-9,11,13,17-18,38H2,1-3H3/t19-,24+,27-,29-,35?/m1/s1. The highest BCUT2D eigenvalue weighted by Crippen LogP contribution is 2.40. The van der Waals surface area contributed by atoms with E-state index in [1.165, 1.54) is 6.07 Å². The van der Waals surface area contributed by atoms with E-state index in [2.05, 4.69) is 16.0 Å². The van der Waals surface area contributed by atoms with Gasteiger partial charge in [-0.25, -0.2) is 14.4 Å². The molecule has 3 fully saturated rings. The van der Waals surface area contributed by atoms with Gasteiger partial charge < -0.3 is 25.0 Å². The lowest BCUT2D eigenvalue weighted by Crippen LogP contribution is -2.40. The molecule has 5 aromatic rings. The molecule has 47 heavy (non-hydrogen) atoms. The van der Waals surface area contributed by atoms with Crippen molar-refractivity contribution in [3.63, 3.8) is 0 Å². The number of methoxy groups -OCH3 is 1. The summed E-state index contributed by atoms with van der Waals surface area (Å²) in [6, 6.07) is 15.9. The van der Waals surface area contributed by atoms with Gasteiger partial charge in [0, 0.05) is 53.3 Å². The zero-order valence-corrected chi connectivity index (χ0v) is 26.9. The number of amides is 1. The van der Waals surface area contributed by atoms with E-state index in [0.29, 0.717) is 23.0 Å². The Morgan fingerprint density at radius 1 is 1.13 bits per heavy atom.